The molecule has 0 unspecified atom stereocenters. The Morgan fingerprint density at radius 1 is 0.915 bits per heavy atom. The van der Waals surface area contributed by atoms with Gasteiger partial charge in [-0.2, -0.15) is 0 Å². The van der Waals surface area contributed by atoms with E-state index >= 15 is 0 Å². The third-order valence-corrected chi connectivity index (χ3v) is 6.23. The molecular formula is C34H47N3O10. The number of pyridine rings is 1. The molecule has 13 nitrogen and oxygen atoms in total. The number of rotatable bonds is 23. The van der Waals surface area contributed by atoms with Gasteiger partial charge in [-0.3, -0.25) is 9.59 Å². The molecule has 0 spiro atoms. The molecule has 0 saturated carbocycles. The monoisotopic (exact) mass is 657 g/mol. The zero-order chi connectivity index (χ0) is 34.3. The Balaban J connectivity index is 1.66. The number of hydrogen-bond donors (Lipinski definition) is 2. The Morgan fingerprint density at radius 2 is 1.57 bits per heavy atom. The van der Waals surface area contributed by atoms with Gasteiger partial charge >= 0.3 is 5.97 Å². The molecule has 1 atom stereocenters. The lowest BCUT2D eigenvalue weighted by molar-refractivity contribution is -0.145. The van der Waals surface area contributed by atoms with Crippen LogP contribution in [0.4, 0.5) is 0 Å². The second kappa shape index (κ2) is 22.3. The molecule has 1 aromatic carbocycles. The van der Waals surface area contributed by atoms with Crippen molar-refractivity contribution in [3.63, 3.8) is 0 Å². The Morgan fingerprint density at radius 3 is 2.19 bits per heavy atom. The summed E-state index contributed by atoms with van der Waals surface area (Å²) < 4.78 is 37.5. The van der Waals surface area contributed by atoms with Crippen LogP contribution in [0.5, 0.6) is 17.4 Å². The fourth-order valence-electron chi connectivity index (χ4n) is 3.81. The van der Waals surface area contributed by atoms with E-state index in [2.05, 4.69) is 42.3 Å². The maximum atomic E-state index is 12.5. The van der Waals surface area contributed by atoms with Crippen LogP contribution < -0.4 is 20.1 Å². The Kier molecular flexibility index (Phi) is 18.5. The Hall–Kier alpha value is -4.22. The predicted octanol–water partition coefficient (Wildman–Crippen LogP) is 3.17. The molecule has 0 aliphatic carbocycles. The van der Waals surface area contributed by atoms with Crippen molar-refractivity contribution in [1.82, 2.24) is 15.6 Å². The van der Waals surface area contributed by atoms with Gasteiger partial charge in [0.15, 0.2) is 6.61 Å². The van der Waals surface area contributed by atoms with E-state index in [1.165, 1.54) is 13.3 Å². The number of nitrogens with one attached hydrogen (secondary N) is 2. The van der Waals surface area contributed by atoms with E-state index in [1.807, 2.05) is 0 Å². The molecular weight excluding hydrogens is 610 g/mol. The van der Waals surface area contributed by atoms with Gasteiger partial charge < -0.3 is 43.8 Å². The average Bonchev–Trinajstić information content (AvgIpc) is 3.05. The van der Waals surface area contributed by atoms with Crippen molar-refractivity contribution in [3.8, 4) is 29.7 Å². The second-order valence-electron chi connectivity index (χ2n) is 11.3. The number of benzene rings is 1. The van der Waals surface area contributed by atoms with Crippen molar-refractivity contribution in [2.45, 2.75) is 39.7 Å². The van der Waals surface area contributed by atoms with Gasteiger partial charge in [-0.1, -0.05) is 32.8 Å². The molecule has 0 radical (unpaired) electrons. The minimum Gasteiger partial charge on any atom is -0.484 e. The molecule has 0 saturated heterocycles. The molecule has 1 heterocycles. The van der Waals surface area contributed by atoms with Crippen molar-refractivity contribution >= 4 is 17.8 Å². The normalized spacial score (nSPS) is 11.6. The van der Waals surface area contributed by atoms with E-state index in [9.17, 15) is 14.4 Å². The third-order valence-electron chi connectivity index (χ3n) is 6.23. The lowest BCUT2D eigenvalue weighted by Crippen LogP contribution is -2.44. The molecule has 0 fully saturated rings. The lowest BCUT2D eigenvalue weighted by atomic mass is 9.88. The molecule has 2 N–H and O–H groups in total. The fourth-order valence-corrected chi connectivity index (χ4v) is 3.81. The van der Waals surface area contributed by atoms with Crippen LogP contribution in [0.2, 0.25) is 0 Å². The summed E-state index contributed by atoms with van der Waals surface area (Å²) >= 11 is 0. The minimum atomic E-state index is -0.756. The fraction of sp³-hybridized carbons (Fsp3) is 0.529. The highest BCUT2D eigenvalue weighted by Crippen LogP contribution is 2.24. The number of esters is 1. The number of carbonyl (C=O) groups is 3. The van der Waals surface area contributed by atoms with Crippen molar-refractivity contribution in [2.75, 3.05) is 73.1 Å². The molecule has 2 rings (SSSR count). The average molecular weight is 658 g/mol. The molecule has 13 heteroatoms. The summed E-state index contributed by atoms with van der Waals surface area (Å²) in [4.78, 5) is 41.2. The zero-order valence-electron chi connectivity index (χ0n) is 27.7. The van der Waals surface area contributed by atoms with E-state index in [0.29, 0.717) is 76.3 Å². The van der Waals surface area contributed by atoms with Gasteiger partial charge in [0, 0.05) is 24.9 Å². The molecule has 0 aliphatic rings. The van der Waals surface area contributed by atoms with Crippen LogP contribution in [0.1, 0.15) is 44.0 Å². The number of nitrogens with zero attached hydrogens (tertiary/aromatic N) is 1. The largest absolute Gasteiger partial charge is 0.484 e. The summed E-state index contributed by atoms with van der Waals surface area (Å²) in [6.07, 6.45) is 7.67. The van der Waals surface area contributed by atoms with E-state index in [0.717, 1.165) is 6.42 Å². The summed E-state index contributed by atoms with van der Waals surface area (Å²) in [7, 11) is 1.29. The molecule has 2 amide bonds. The second-order valence-corrected chi connectivity index (χ2v) is 11.3. The molecule has 2 aromatic rings. The highest BCUT2D eigenvalue weighted by molar-refractivity contribution is 5.93. The first-order valence-electron chi connectivity index (χ1n) is 15.4. The van der Waals surface area contributed by atoms with E-state index < -0.39 is 17.9 Å². The standard InChI is InChI=1S/C34H47N3O10/c1-6-15-42-17-19-44-21-22-45-20-18-43-16-14-35-32(39)26-10-11-31(36-24-26)47-28-9-7-8-27(23-28)46-25-30(38)37-29(33(40)41-5)12-13-34(2,3)4/h1,7-11,23-24,29H,12-22,25H2,2-5H3,(H,35,39)(H,37,38)/t29-/m0/s1. The Bertz CT molecular complexity index is 1260. The summed E-state index contributed by atoms with van der Waals surface area (Å²) in [6, 6.07) is 9.09. The maximum Gasteiger partial charge on any atom is 0.328 e. The number of hydrogen-bond acceptors (Lipinski definition) is 11. The van der Waals surface area contributed by atoms with Crippen LogP contribution in [0.3, 0.4) is 0 Å². The number of methoxy groups -OCH3 is 1. The number of amides is 2. The first-order valence-corrected chi connectivity index (χ1v) is 15.4. The van der Waals surface area contributed by atoms with Gasteiger partial charge in [0.05, 0.1) is 58.9 Å². The quantitative estimate of drug-likeness (QED) is 0.103. The van der Waals surface area contributed by atoms with Gasteiger partial charge in [0.2, 0.25) is 5.88 Å². The van der Waals surface area contributed by atoms with Crippen LogP contribution >= 0.6 is 0 Å². The summed E-state index contributed by atoms with van der Waals surface area (Å²) in [5, 5.41) is 5.45. The minimum absolute atomic E-state index is 0.000835. The summed E-state index contributed by atoms with van der Waals surface area (Å²) in [5.41, 5.74) is 0.361. The first kappa shape index (κ1) is 39.0. The first-order chi connectivity index (χ1) is 22.6. The summed E-state index contributed by atoms with van der Waals surface area (Å²) in [5.74, 6) is 2.21. The van der Waals surface area contributed by atoms with Gasteiger partial charge in [0.1, 0.15) is 24.1 Å². The molecule has 0 aliphatic heterocycles. The van der Waals surface area contributed by atoms with Gasteiger partial charge in [-0.05, 0) is 36.5 Å². The molecule has 258 valence electrons. The lowest BCUT2D eigenvalue weighted by Gasteiger charge is -2.22. The topological polar surface area (TPSA) is 153 Å². The summed E-state index contributed by atoms with van der Waals surface area (Å²) in [6.45, 7) is 9.41. The van der Waals surface area contributed by atoms with Gasteiger partial charge in [-0.15, -0.1) is 6.42 Å². The Labute approximate surface area is 276 Å². The molecule has 0 bridgehead atoms. The molecule has 47 heavy (non-hydrogen) atoms. The highest BCUT2D eigenvalue weighted by Gasteiger charge is 2.24. The molecule has 1 aromatic heterocycles. The third kappa shape index (κ3) is 17.9. The van der Waals surface area contributed by atoms with E-state index in [-0.39, 0.29) is 30.4 Å². The SMILES string of the molecule is C#CCOCCOCCOCCOCCNC(=O)c1ccc(Oc2cccc(OCC(=O)N[C@@H](CCC(C)(C)C)C(=O)OC)c2)nc1. The van der Waals surface area contributed by atoms with Crippen LogP contribution in [-0.2, 0) is 33.3 Å². The van der Waals surface area contributed by atoms with Crippen molar-refractivity contribution in [2.24, 2.45) is 5.41 Å². The van der Waals surface area contributed by atoms with Crippen LogP contribution in [-0.4, -0.2) is 102 Å². The van der Waals surface area contributed by atoms with Crippen LogP contribution in [0.15, 0.2) is 42.6 Å². The smallest absolute Gasteiger partial charge is 0.328 e. The highest BCUT2D eigenvalue weighted by atomic mass is 16.6. The van der Waals surface area contributed by atoms with Crippen LogP contribution in [0, 0.1) is 17.8 Å². The zero-order valence-corrected chi connectivity index (χ0v) is 27.7. The van der Waals surface area contributed by atoms with E-state index in [4.69, 9.17) is 39.6 Å². The van der Waals surface area contributed by atoms with Crippen molar-refractivity contribution < 1.29 is 47.5 Å². The van der Waals surface area contributed by atoms with Crippen LogP contribution in [0.25, 0.3) is 0 Å². The number of ether oxygens (including phenoxy) is 7. The number of carbonyl (C=O) groups excluding carboxylic acids is 3. The van der Waals surface area contributed by atoms with Crippen molar-refractivity contribution in [3.05, 3.63) is 48.2 Å². The predicted molar refractivity (Wildman–Crippen MR) is 173 cm³/mol. The maximum absolute atomic E-state index is 12.5. The number of terminal acetylenes is 1. The number of aromatic nitrogens is 1. The van der Waals surface area contributed by atoms with Gasteiger partial charge in [-0.25, -0.2) is 9.78 Å². The van der Waals surface area contributed by atoms with Crippen molar-refractivity contribution in [1.29, 1.82) is 0 Å². The van der Waals surface area contributed by atoms with Gasteiger partial charge in [0.25, 0.3) is 11.8 Å². The van der Waals surface area contributed by atoms with E-state index in [1.54, 1.807) is 36.4 Å².